The van der Waals surface area contributed by atoms with Gasteiger partial charge in [0, 0.05) is 19.5 Å². The normalized spacial score (nSPS) is 25.0. The largest absolute Gasteiger partial charge is 0.394 e. The maximum Gasteiger partial charge on any atom is 0.222 e. The SMILES string of the molecule is CC1CN(C(=O)CCCCCN)CC(CO)O1. The maximum absolute atomic E-state index is 11.9. The fourth-order valence-electron chi connectivity index (χ4n) is 2.11. The molecule has 0 aromatic carbocycles. The Balaban J connectivity index is 2.29. The molecule has 5 heteroatoms. The highest BCUT2D eigenvalue weighted by Crippen LogP contribution is 2.13. The van der Waals surface area contributed by atoms with Crippen molar-refractivity contribution in [3.63, 3.8) is 0 Å². The Hall–Kier alpha value is -0.650. The van der Waals surface area contributed by atoms with Crippen LogP contribution >= 0.6 is 0 Å². The molecule has 1 heterocycles. The molecule has 0 aromatic heterocycles. The third-order valence-electron chi connectivity index (χ3n) is 2.98. The average Bonchev–Trinajstić information content (AvgIpc) is 2.33. The lowest BCUT2D eigenvalue weighted by atomic mass is 10.1. The van der Waals surface area contributed by atoms with Gasteiger partial charge in [-0.25, -0.2) is 0 Å². The van der Waals surface area contributed by atoms with Crippen molar-refractivity contribution in [2.45, 2.75) is 44.8 Å². The summed E-state index contributed by atoms with van der Waals surface area (Å²) in [5, 5.41) is 9.08. The Bertz CT molecular complexity index is 236. The zero-order chi connectivity index (χ0) is 12.7. The Kier molecular flexibility index (Phi) is 6.47. The minimum atomic E-state index is -0.230. The summed E-state index contributed by atoms with van der Waals surface area (Å²) in [6.07, 6.45) is 3.23. The van der Waals surface area contributed by atoms with E-state index >= 15 is 0 Å². The first-order valence-corrected chi connectivity index (χ1v) is 6.41. The predicted molar refractivity (Wildman–Crippen MR) is 65.5 cm³/mol. The number of rotatable bonds is 6. The van der Waals surface area contributed by atoms with Crippen LogP contribution in [-0.4, -0.2) is 54.4 Å². The maximum atomic E-state index is 11.9. The lowest BCUT2D eigenvalue weighted by Gasteiger charge is -2.36. The first kappa shape index (κ1) is 14.4. The monoisotopic (exact) mass is 244 g/mol. The van der Waals surface area contributed by atoms with Gasteiger partial charge >= 0.3 is 0 Å². The van der Waals surface area contributed by atoms with Crippen LogP contribution in [0.1, 0.15) is 32.6 Å². The van der Waals surface area contributed by atoms with E-state index < -0.39 is 0 Å². The van der Waals surface area contributed by atoms with Crippen LogP contribution in [0.4, 0.5) is 0 Å². The smallest absolute Gasteiger partial charge is 0.222 e. The molecule has 3 N–H and O–H groups in total. The van der Waals surface area contributed by atoms with Gasteiger partial charge in [0.2, 0.25) is 5.91 Å². The zero-order valence-corrected chi connectivity index (χ0v) is 10.6. The number of hydrogen-bond acceptors (Lipinski definition) is 4. The van der Waals surface area contributed by atoms with Gasteiger partial charge in [0.1, 0.15) is 0 Å². The lowest BCUT2D eigenvalue weighted by molar-refractivity contribution is -0.147. The van der Waals surface area contributed by atoms with Crippen molar-refractivity contribution in [3.05, 3.63) is 0 Å². The molecule has 0 radical (unpaired) electrons. The molecule has 0 spiro atoms. The van der Waals surface area contributed by atoms with E-state index in [1.807, 2.05) is 6.92 Å². The van der Waals surface area contributed by atoms with Crippen LogP contribution in [0.5, 0.6) is 0 Å². The van der Waals surface area contributed by atoms with Crippen LogP contribution in [0.15, 0.2) is 0 Å². The Labute approximate surface area is 103 Å². The van der Waals surface area contributed by atoms with Gasteiger partial charge in [-0.1, -0.05) is 6.42 Å². The third kappa shape index (κ3) is 5.02. The Morgan fingerprint density at radius 3 is 2.82 bits per heavy atom. The number of amides is 1. The zero-order valence-electron chi connectivity index (χ0n) is 10.6. The van der Waals surface area contributed by atoms with Crippen LogP contribution in [0.2, 0.25) is 0 Å². The molecular weight excluding hydrogens is 220 g/mol. The topological polar surface area (TPSA) is 75.8 Å². The molecule has 0 bridgehead atoms. The second kappa shape index (κ2) is 7.63. The Morgan fingerprint density at radius 1 is 1.41 bits per heavy atom. The molecule has 100 valence electrons. The Morgan fingerprint density at radius 2 is 2.18 bits per heavy atom. The summed E-state index contributed by atoms with van der Waals surface area (Å²) in [6.45, 7) is 3.73. The summed E-state index contributed by atoms with van der Waals surface area (Å²) in [5.41, 5.74) is 5.40. The summed E-state index contributed by atoms with van der Waals surface area (Å²) in [7, 11) is 0. The summed E-state index contributed by atoms with van der Waals surface area (Å²) in [5.74, 6) is 0.163. The number of morpholine rings is 1. The molecule has 0 saturated carbocycles. The minimum absolute atomic E-state index is 0.00823. The standard InChI is InChI=1S/C12H24N2O3/c1-10-7-14(8-11(9-15)17-10)12(16)5-3-2-4-6-13/h10-11,15H,2-9,13H2,1H3. The van der Waals surface area contributed by atoms with Crippen molar-refractivity contribution in [2.24, 2.45) is 5.73 Å². The molecule has 0 aliphatic carbocycles. The van der Waals surface area contributed by atoms with Crippen molar-refractivity contribution in [2.75, 3.05) is 26.2 Å². The van der Waals surface area contributed by atoms with Gasteiger partial charge in [0.25, 0.3) is 0 Å². The van der Waals surface area contributed by atoms with E-state index in [1.54, 1.807) is 4.90 Å². The number of carbonyl (C=O) groups is 1. The second-order valence-corrected chi connectivity index (χ2v) is 4.65. The van der Waals surface area contributed by atoms with Gasteiger partial charge in [-0.05, 0) is 26.3 Å². The van der Waals surface area contributed by atoms with Gasteiger partial charge in [-0.3, -0.25) is 4.79 Å². The second-order valence-electron chi connectivity index (χ2n) is 4.65. The fraction of sp³-hybridized carbons (Fsp3) is 0.917. The molecule has 17 heavy (non-hydrogen) atoms. The fourth-order valence-corrected chi connectivity index (χ4v) is 2.11. The number of aliphatic hydroxyl groups is 1. The molecular formula is C12H24N2O3. The molecule has 2 atom stereocenters. The number of unbranched alkanes of at least 4 members (excludes halogenated alkanes) is 2. The molecule has 1 saturated heterocycles. The van der Waals surface area contributed by atoms with E-state index in [4.69, 9.17) is 15.6 Å². The molecule has 0 aromatic rings. The summed E-state index contributed by atoms with van der Waals surface area (Å²) < 4.78 is 5.50. The van der Waals surface area contributed by atoms with E-state index in [0.717, 1.165) is 19.3 Å². The molecule has 1 fully saturated rings. The first-order valence-electron chi connectivity index (χ1n) is 6.41. The highest BCUT2D eigenvalue weighted by Gasteiger charge is 2.27. The number of nitrogens with zero attached hydrogens (tertiary/aromatic N) is 1. The van der Waals surface area contributed by atoms with Crippen LogP contribution in [0.25, 0.3) is 0 Å². The highest BCUT2D eigenvalue weighted by atomic mass is 16.5. The number of aliphatic hydroxyl groups excluding tert-OH is 1. The molecule has 1 amide bonds. The van der Waals surface area contributed by atoms with Gasteiger partial charge in [-0.15, -0.1) is 0 Å². The van der Waals surface area contributed by atoms with Gasteiger partial charge in [0.15, 0.2) is 0 Å². The molecule has 1 aliphatic heterocycles. The van der Waals surface area contributed by atoms with E-state index in [1.165, 1.54) is 0 Å². The highest BCUT2D eigenvalue weighted by molar-refractivity contribution is 5.76. The van der Waals surface area contributed by atoms with E-state index in [0.29, 0.717) is 26.1 Å². The number of ether oxygens (including phenoxy) is 1. The van der Waals surface area contributed by atoms with Crippen molar-refractivity contribution < 1.29 is 14.6 Å². The molecule has 2 unspecified atom stereocenters. The lowest BCUT2D eigenvalue weighted by Crippen LogP contribution is -2.50. The van der Waals surface area contributed by atoms with Gasteiger partial charge in [0.05, 0.1) is 18.8 Å². The summed E-state index contributed by atoms with van der Waals surface area (Å²) >= 11 is 0. The van der Waals surface area contributed by atoms with E-state index in [2.05, 4.69) is 0 Å². The van der Waals surface area contributed by atoms with Crippen LogP contribution in [0, 0.1) is 0 Å². The van der Waals surface area contributed by atoms with E-state index in [9.17, 15) is 4.79 Å². The predicted octanol–water partition coefficient (Wildman–Crippen LogP) is 0.114. The van der Waals surface area contributed by atoms with Crippen molar-refractivity contribution in [3.8, 4) is 0 Å². The molecule has 5 nitrogen and oxygen atoms in total. The molecule has 1 aliphatic rings. The first-order chi connectivity index (χ1) is 8.17. The van der Waals surface area contributed by atoms with Crippen LogP contribution in [-0.2, 0) is 9.53 Å². The number of hydrogen-bond donors (Lipinski definition) is 2. The molecule has 1 rings (SSSR count). The summed E-state index contributed by atoms with van der Waals surface area (Å²) in [6, 6.07) is 0. The van der Waals surface area contributed by atoms with Crippen molar-refractivity contribution >= 4 is 5.91 Å². The average molecular weight is 244 g/mol. The minimum Gasteiger partial charge on any atom is -0.394 e. The summed E-state index contributed by atoms with van der Waals surface area (Å²) in [4.78, 5) is 13.7. The van der Waals surface area contributed by atoms with Crippen molar-refractivity contribution in [1.82, 2.24) is 4.90 Å². The number of carbonyl (C=O) groups excluding carboxylic acids is 1. The third-order valence-corrected chi connectivity index (χ3v) is 2.98. The number of nitrogens with two attached hydrogens (primary N) is 1. The van der Waals surface area contributed by atoms with Crippen LogP contribution in [0.3, 0.4) is 0 Å². The van der Waals surface area contributed by atoms with E-state index in [-0.39, 0.29) is 24.7 Å². The van der Waals surface area contributed by atoms with Gasteiger partial charge < -0.3 is 20.5 Å². The van der Waals surface area contributed by atoms with Crippen molar-refractivity contribution in [1.29, 1.82) is 0 Å². The quantitative estimate of drug-likeness (QED) is 0.650. The van der Waals surface area contributed by atoms with Gasteiger partial charge in [-0.2, -0.15) is 0 Å². The van der Waals surface area contributed by atoms with Crippen LogP contribution < -0.4 is 5.73 Å².